The first-order chi connectivity index (χ1) is 12.8. The molecule has 2 aromatic carbocycles. The lowest BCUT2D eigenvalue weighted by atomic mass is 10.1. The van der Waals surface area contributed by atoms with Gasteiger partial charge < -0.3 is 10.6 Å². The van der Waals surface area contributed by atoms with E-state index < -0.39 is 11.7 Å². The van der Waals surface area contributed by atoms with Crippen LogP contribution in [0, 0.1) is 11.8 Å². The number of hydrogen-bond acceptors (Lipinski definition) is 2. The van der Waals surface area contributed by atoms with Gasteiger partial charge >= 0.3 is 6.18 Å². The lowest BCUT2D eigenvalue weighted by Gasteiger charge is -2.06. The highest BCUT2D eigenvalue weighted by atomic mass is 19.4. The molecule has 0 atom stereocenters. The first kappa shape index (κ1) is 20.0. The first-order valence-electron chi connectivity index (χ1n) is 8.03. The number of hydrogen-bond donors (Lipinski definition) is 2. The van der Waals surface area contributed by atoms with Gasteiger partial charge in [-0.05, 0) is 35.9 Å². The summed E-state index contributed by atoms with van der Waals surface area (Å²) in [5.41, 5.74) is 0.729. The number of benzene rings is 2. The summed E-state index contributed by atoms with van der Waals surface area (Å²) < 4.78 is 37.9. The molecule has 2 aromatic rings. The molecular formula is C20H17F3N2O2. The Morgan fingerprint density at radius 3 is 2.37 bits per heavy atom. The molecule has 0 saturated carbocycles. The van der Waals surface area contributed by atoms with Gasteiger partial charge in [-0.25, -0.2) is 0 Å². The van der Waals surface area contributed by atoms with E-state index in [1.54, 1.807) is 24.3 Å². The fourth-order valence-corrected chi connectivity index (χ4v) is 2.15. The summed E-state index contributed by atoms with van der Waals surface area (Å²) in [6.45, 7) is 1.80. The first-order valence-corrected chi connectivity index (χ1v) is 8.03. The average molecular weight is 374 g/mol. The third-order valence-electron chi connectivity index (χ3n) is 3.52. The Bertz CT molecular complexity index is 879. The number of amides is 2. The zero-order valence-electron chi connectivity index (χ0n) is 14.5. The minimum atomic E-state index is -4.42. The minimum Gasteiger partial charge on any atom is -0.352 e. The molecule has 0 aliphatic heterocycles. The number of carbonyl (C=O) groups excluding carboxylic acids is 2. The smallest absolute Gasteiger partial charge is 0.352 e. The van der Waals surface area contributed by atoms with E-state index in [-0.39, 0.29) is 23.9 Å². The van der Waals surface area contributed by atoms with Crippen molar-refractivity contribution in [3.63, 3.8) is 0 Å². The molecule has 7 heteroatoms. The predicted molar refractivity (Wildman–Crippen MR) is 94.6 cm³/mol. The van der Waals surface area contributed by atoms with Crippen molar-refractivity contribution in [1.82, 2.24) is 10.6 Å². The van der Waals surface area contributed by atoms with Crippen molar-refractivity contribution in [3.8, 4) is 11.8 Å². The monoisotopic (exact) mass is 374 g/mol. The standard InChI is InChI=1S/C20H17F3N2O2/c1-14(26)25-13-16-7-9-17(10-8-16)19(27)24-11-3-5-15-4-2-6-18(12-15)20(21,22)23/h2,4,6-10,12H,11,13H2,1H3,(H,24,27)(H,25,26). The predicted octanol–water partition coefficient (Wildman–Crippen LogP) is 3.12. The van der Waals surface area contributed by atoms with Gasteiger partial charge in [0.25, 0.3) is 5.91 Å². The van der Waals surface area contributed by atoms with Crippen LogP contribution in [0.2, 0.25) is 0 Å². The maximum atomic E-state index is 12.6. The summed E-state index contributed by atoms with van der Waals surface area (Å²) in [5.74, 6) is 4.73. The molecule has 2 amide bonds. The Kier molecular flexibility index (Phi) is 6.61. The highest BCUT2D eigenvalue weighted by Gasteiger charge is 2.30. The van der Waals surface area contributed by atoms with E-state index in [1.807, 2.05) is 0 Å². The summed E-state index contributed by atoms with van der Waals surface area (Å²) in [6, 6.07) is 11.4. The van der Waals surface area contributed by atoms with Crippen molar-refractivity contribution < 1.29 is 22.8 Å². The van der Waals surface area contributed by atoms with Gasteiger partial charge in [-0.2, -0.15) is 13.2 Å². The Hall–Kier alpha value is -3.27. The average Bonchev–Trinajstić information content (AvgIpc) is 2.63. The van der Waals surface area contributed by atoms with Gasteiger partial charge in [-0.1, -0.05) is 30.0 Å². The number of rotatable bonds is 4. The van der Waals surface area contributed by atoms with Crippen LogP contribution in [0.1, 0.15) is 34.0 Å². The Balaban J connectivity index is 1.90. The van der Waals surface area contributed by atoms with Crippen LogP contribution < -0.4 is 10.6 Å². The van der Waals surface area contributed by atoms with E-state index in [4.69, 9.17) is 0 Å². The van der Waals surface area contributed by atoms with Crippen molar-refractivity contribution in [2.24, 2.45) is 0 Å². The van der Waals surface area contributed by atoms with Crippen LogP contribution in [-0.2, 0) is 17.5 Å². The molecule has 4 nitrogen and oxygen atoms in total. The van der Waals surface area contributed by atoms with E-state index in [0.29, 0.717) is 12.1 Å². The maximum Gasteiger partial charge on any atom is 0.416 e. The van der Waals surface area contributed by atoms with E-state index in [0.717, 1.165) is 17.7 Å². The van der Waals surface area contributed by atoms with Crippen LogP contribution in [0.4, 0.5) is 13.2 Å². The molecule has 2 rings (SSSR count). The van der Waals surface area contributed by atoms with Gasteiger partial charge in [0.2, 0.25) is 5.91 Å². The second kappa shape index (κ2) is 8.90. The van der Waals surface area contributed by atoms with E-state index >= 15 is 0 Å². The fourth-order valence-electron chi connectivity index (χ4n) is 2.15. The molecule has 0 fully saturated rings. The zero-order valence-corrected chi connectivity index (χ0v) is 14.5. The van der Waals surface area contributed by atoms with Crippen LogP contribution in [0.3, 0.4) is 0 Å². The molecule has 0 aliphatic rings. The van der Waals surface area contributed by atoms with Gasteiger partial charge in [0.15, 0.2) is 0 Å². The van der Waals surface area contributed by atoms with Crippen LogP contribution in [0.25, 0.3) is 0 Å². The molecule has 140 valence electrons. The second-order valence-electron chi connectivity index (χ2n) is 5.67. The van der Waals surface area contributed by atoms with Crippen LogP contribution >= 0.6 is 0 Å². The molecular weight excluding hydrogens is 357 g/mol. The molecule has 0 aromatic heterocycles. The van der Waals surface area contributed by atoms with Crippen molar-refractivity contribution >= 4 is 11.8 Å². The lowest BCUT2D eigenvalue weighted by Crippen LogP contribution is -2.23. The van der Waals surface area contributed by atoms with Crippen LogP contribution in [0.5, 0.6) is 0 Å². The van der Waals surface area contributed by atoms with Gasteiger partial charge in [0.05, 0.1) is 12.1 Å². The number of alkyl halides is 3. The molecule has 2 N–H and O–H groups in total. The number of nitrogens with one attached hydrogen (secondary N) is 2. The molecule has 0 spiro atoms. The zero-order chi connectivity index (χ0) is 19.9. The molecule has 0 heterocycles. The number of carbonyl (C=O) groups is 2. The highest BCUT2D eigenvalue weighted by Crippen LogP contribution is 2.29. The van der Waals surface area contributed by atoms with Crippen molar-refractivity contribution in [2.45, 2.75) is 19.6 Å². The van der Waals surface area contributed by atoms with Gasteiger partial charge in [-0.3, -0.25) is 9.59 Å². The summed E-state index contributed by atoms with van der Waals surface area (Å²) in [5, 5.41) is 5.23. The van der Waals surface area contributed by atoms with Gasteiger partial charge in [-0.15, -0.1) is 0 Å². The van der Waals surface area contributed by atoms with E-state index in [9.17, 15) is 22.8 Å². The van der Waals surface area contributed by atoms with Crippen LogP contribution in [-0.4, -0.2) is 18.4 Å². The normalized spacial score (nSPS) is 10.5. The third kappa shape index (κ3) is 6.51. The van der Waals surface area contributed by atoms with Crippen LogP contribution in [0.15, 0.2) is 48.5 Å². The van der Waals surface area contributed by atoms with Gasteiger partial charge in [0, 0.05) is 24.6 Å². The van der Waals surface area contributed by atoms with Crippen molar-refractivity contribution in [3.05, 3.63) is 70.8 Å². The Labute approximate surface area is 154 Å². The Morgan fingerprint density at radius 2 is 1.74 bits per heavy atom. The maximum absolute atomic E-state index is 12.6. The molecule has 0 aliphatic carbocycles. The third-order valence-corrected chi connectivity index (χ3v) is 3.52. The van der Waals surface area contributed by atoms with Crippen molar-refractivity contribution in [2.75, 3.05) is 6.54 Å². The SMILES string of the molecule is CC(=O)NCc1ccc(C(=O)NCC#Cc2cccc(C(F)(F)F)c2)cc1. The topological polar surface area (TPSA) is 58.2 Å². The van der Waals surface area contributed by atoms with Crippen molar-refractivity contribution in [1.29, 1.82) is 0 Å². The summed E-state index contributed by atoms with van der Waals surface area (Å²) >= 11 is 0. The molecule has 0 saturated heterocycles. The quantitative estimate of drug-likeness (QED) is 0.808. The molecule has 0 unspecified atom stereocenters. The minimum absolute atomic E-state index is 0.00270. The largest absolute Gasteiger partial charge is 0.416 e. The van der Waals surface area contributed by atoms with E-state index in [2.05, 4.69) is 22.5 Å². The number of halogens is 3. The van der Waals surface area contributed by atoms with Gasteiger partial charge in [0.1, 0.15) is 0 Å². The highest BCUT2D eigenvalue weighted by molar-refractivity contribution is 5.94. The molecule has 0 bridgehead atoms. The molecule has 0 radical (unpaired) electrons. The Morgan fingerprint density at radius 1 is 1.04 bits per heavy atom. The second-order valence-corrected chi connectivity index (χ2v) is 5.67. The molecule has 27 heavy (non-hydrogen) atoms. The lowest BCUT2D eigenvalue weighted by molar-refractivity contribution is -0.137. The summed E-state index contributed by atoms with van der Waals surface area (Å²) in [4.78, 5) is 22.9. The fraction of sp³-hybridized carbons (Fsp3) is 0.200. The summed E-state index contributed by atoms with van der Waals surface area (Å²) in [7, 11) is 0. The van der Waals surface area contributed by atoms with E-state index in [1.165, 1.54) is 19.1 Å². The summed E-state index contributed by atoms with van der Waals surface area (Å²) in [6.07, 6.45) is -4.42.